The Bertz CT molecular complexity index is 480. The fourth-order valence-electron chi connectivity index (χ4n) is 2.86. The Morgan fingerprint density at radius 1 is 1.41 bits per heavy atom. The molecule has 3 nitrogen and oxygen atoms in total. The molecule has 0 amide bonds. The normalized spacial score (nSPS) is 18.6. The van der Waals surface area contributed by atoms with E-state index in [1.54, 1.807) is 11.3 Å². The standard InChI is InChI=1S/C13H17N3S/c14-9-13(5-1-2-6-13)16-10-15-8-11(16)12-4-3-7-17-12/h3-4,7-8,10H,1-2,5-6,9,14H2. The first-order valence-corrected chi connectivity index (χ1v) is 7.00. The summed E-state index contributed by atoms with van der Waals surface area (Å²) in [4.78, 5) is 5.61. The Morgan fingerprint density at radius 3 is 2.88 bits per heavy atom. The lowest BCUT2D eigenvalue weighted by Gasteiger charge is -2.30. The second kappa shape index (κ2) is 4.27. The van der Waals surface area contributed by atoms with Gasteiger partial charge in [0, 0.05) is 6.54 Å². The minimum atomic E-state index is 0.107. The maximum atomic E-state index is 6.04. The number of nitrogens with zero attached hydrogens (tertiary/aromatic N) is 2. The van der Waals surface area contributed by atoms with Gasteiger partial charge in [-0.3, -0.25) is 0 Å². The van der Waals surface area contributed by atoms with Crippen LogP contribution in [0.1, 0.15) is 25.7 Å². The molecule has 0 saturated heterocycles. The lowest BCUT2D eigenvalue weighted by molar-refractivity contribution is 0.307. The van der Waals surface area contributed by atoms with Gasteiger partial charge in [-0.15, -0.1) is 11.3 Å². The van der Waals surface area contributed by atoms with Crippen molar-refractivity contribution in [2.24, 2.45) is 5.73 Å². The molecule has 2 heterocycles. The first-order valence-electron chi connectivity index (χ1n) is 6.12. The van der Waals surface area contributed by atoms with Crippen LogP contribution in [0.2, 0.25) is 0 Å². The largest absolute Gasteiger partial charge is 0.328 e. The molecular formula is C13H17N3S. The number of imidazole rings is 1. The monoisotopic (exact) mass is 247 g/mol. The third-order valence-corrected chi connectivity index (χ3v) is 4.73. The molecule has 0 aromatic carbocycles. The summed E-state index contributed by atoms with van der Waals surface area (Å²) in [5.41, 5.74) is 7.36. The van der Waals surface area contributed by atoms with Gasteiger partial charge in [-0.05, 0) is 24.3 Å². The van der Waals surface area contributed by atoms with Crippen molar-refractivity contribution in [1.29, 1.82) is 0 Å². The highest BCUT2D eigenvalue weighted by atomic mass is 32.1. The predicted octanol–water partition coefficient (Wildman–Crippen LogP) is 2.84. The van der Waals surface area contributed by atoms with E-state index in [1.165, 1.54) is 36.3 Å². The van der Waals surface area contributed by atoms with E-state index in [-0.39, 0.29) is 5.54 Å². The van der Waals surface area contributed by atoms with E-state index in [0.717, 1.165) is 0 Å². The highest BCUT2D eigenvalue weighted by Gasteiger charge is 2.35. The van der Waals surface area contributed by atoms with Crippen LogP contribution in [0.15, 0.2) is 30.0 Å². The summed E-state index contributed by atoms with van der Waals surface area (Å²) in [7, 11) is 0. The van der Waals surface area contributed by atoms with Crippen LogP contribution in [0, 0.1) is 0 Å². The van der Waals surface area contributed by atoms with Crippen LogP contribution >= 0.6 is 11.3 Å². The van der Waals surface area contributed by atoms with Gasteiger partial charge in [-0.25, -0.2) is 4.98 Å². The Kier molecular flexibility index (Phi) is 2.76. The maximum absolute atomic E-state index is 6.04. The fourth-order valence-corrected chi connectivity index (χ4v) is 3.59. The van der Waals surface area contributed by atoms with E-state index in [1.807, 2.05) is 12.5 Å². The van der Waals surface area contributed by atoms with Gasteiger partial charge in [0.05, 0.1) is 28.6 Å². The van der Waals surface area contributed by atoms with Crippen molar-refractivity contribution in [2.75, 3.05) is 6.54 Å². The van der Waals surface area contributed by atoms with Crippen LogP contribution in [0.4, 0.5) is 0 Å². The lowest BCUT2D eigenvalue weighted by atomic mass is 9.97. The van der Waals surface area contributed by atoms with Gasteiger partial charge in [0.2, 0.25) is 0 Å². The number of hydrogen-bond acceptors (Lipinski definition) is 3. The molecule has 1 saturated carbocycles. The molecule has 17 heavy (non-hydrogen) atoms. The summed E-state index contributed by atoms with van der Waals surface area (Å²) in [6.07, 6.45) is 8.82. The van der Waals surface area contributed by atoms with E-state index in [9.17, 15) is 0 Å². The Hall–Kier alpha value is -1.13. The second-order valence-electron chi connectivity index (χ2n) is 4.76. The number of thiophene rings is 1. The fraction of sp³-hybridized carbons (Fsp3) is 0.462. The van der Waals surface area contributed by atoms with Gasteiger partial charge in [-0.1, -0.05) is 18.9 Å². The van der Waals surface area contributed by atoms with Gasteiger partial charge in [0.1, 0.15) is 0 Å². The molecule has 0 atom stereocenters. The van der Waals surface area contributed by atoms with Gasteiger partial charge < -0.3 is 10.3 Å². The van der Waals surface area contributed by atoms with Crippen LogP contribution in [-0.2, 0) is 5.54 Å². The van der Waals surface area contributed by atoms with E-state index >= 15 is 0 Å². The molecule has 0 spiro atoms. The predicted molar refractivity (Wildman–Crippen MR) is 71.0 cm³/mol. The van der Waals surface area contributed by atoms with Gasteiger partial charge in [0.15, 0.2) is 0 Å². The van der Waals surface area contributed by atoms with E-state index in [2.05, 4.69) is 27.1 Å². The first-order chi connectivity index (χ1) is 8.36. The molecule has 3 rings (SSSR count). The summed E-state index contributed by atoms with van der Waals surface area (Å²) < 4.78 is 2.31. The molecule has 2 aromatic heterocycles. The summed E-state index contributed by atoms with van der Waals surface area (Å²) in [6, 6.07) is 4.23. The molecule has 1 aliphatic carbocycles. The van der Waals surface area contributed by atoms with Crippen molar-refractivity contribution in [3.63, 3.8) is 0 Å². The second-order valence-corrected chi connectivity index (χ2v) is 5.71. The average Bonchev–Trinajstić information content (AvgIpc) is 3.10. The number of aromatic nitrogens is 2. The molecule has 90 valence electrons. The van der Waals surface area contributed by atoms with Crippen LogP contribution in [0.25, 0.3) is 10.6 Å². The van der Waals surface area contributed by atoms with Crippen molar-refractivity contribution in [1.82, 2.24) is 9.55 Å². The SMILES string of the molecule is NCC1(n2cncc2-c2cccs2)CCCC1. The molecule has 0 aliphatic heterocycles. The molecule has 4 heteroatoms. The molecular weight excluding hydrogens is 230 g/mol. The summed E-state index contributed by atoms with van der Waals surface area (Å²) >= 11 is 1.76. The van der Waals surface area contributed by atoms with Crippen molar-refractivity contribution in [2.45, 2.75) is 31.2 Å². The van der Waals surface area contributed by atoms with Crippen LogP contribution < -0.4 is 5.73 Å². The van der Waals surface area contributed by atoms with E-state index in [4.69, 9.17) is 5.73 Å². The van der Waals surface area contributed by atoms with Crippen LogP contribution in [0.3, 0.4) is 0 Å². The van der Waals surface area contributed by atoms with Crippen molar-refractivity contribution < 1.29 is 0 Å². The van der Waals surface area contributed by atoms with Crippen molar-refractivity contribution in [3.05, 3.63) is 30.0 Å². The maximum Gasteiger partial charge on any atom is 0.0956 e. The Balaban J connectivity index is 2.06. The van der Waals surface area contributed by atoms with Gasteiger partial charge in [0.25, 0.3) is 0 Å². The first kappa shape index (κ1) is 11.0. The van der Waals surface area contributed by atoms with Gasteiger partial charge in [-0.2, -0.15) is 0 Å². The zero-order valence-corrected chi connectivity index (χ0v) is 10.6. The van der Waals surface area contributed by atoms with Gasteiger partial charge >= 0.3 is 0 Å². The van der Waals surface area contributed by atoms with Crippen LogP contribution in [-0.4, -0.2) is 16.1 Å². The lowest BCUT2D eigenvalue weighted by Crippen LogP contribution is -2.38. The van der Waals surface area contributed by atoms with Crippen LogP contribution in [0.5, 0.6) is 0 Å². The summed E-state index contributed by atoms with van der Waals surface area (Å²) in [5, 5.41) is 2.11. The minimum absolute atomic E-state index is 0.107. The number of rotatable bonds is 3. The topological polar surface area (TPSA) is 43.8 Å². The average molecular weight is 247 g/mol. The molecule has 2 aromatic rings. The quantitative estimate of drug-likeness (QED) is 0.906. The highest BCUT2D eigenvalue weighted by Crippen LogP contribution is 2.39. The molecule has 1 aliphatic rings. The molecule has 0 unspecified atom stereocenters. The van der Waals surface area contributed by atoms with Crippen molar-refractivity contribution >= 4 is 11.3 Å². The molecule has 0 radical (unpaired) electrons. The number of hydrogen-bond donors (Lipinski definition) is 1. The van der Waals surface area contributed by atoms with E-state index in [0.29, 0.717) is 6.54 Å². The minimum Gasteiger partial charge on any atom is -0.328 e. The third-order valence-electron chi connectivity index (χ3n) is 3.84. The Labute approximate surface area is 105 Å². The van der Waals surface area contributed by atoms with E-state index < -0.39 is 0 Å². The Morgan fingerprint density at radius 2 is 2.24 bits per heavy atom. The smallest absolute Gasteiger partial charge is 0.0956 e. The third kappa shape index (κ3) is 1.72. The summed E-state index contributed by atoms with van der Waals surface area (Å²) in [5.74, 6) is 0. The van der Waals surface area contributed by atoms with Crippen molar-refractivity contribution in [3.8, 4) is 10.6 Å². The summed E-state index contributed by atoms with van der Waals surface area (Å²) in [6.45, 7) is 0.710. The molecule has 1 fully saturated rings. The molecule has 2 N–H and O–H groups in total. The highest BCUT2D eigenvalue weighted by molar-refractivity contribution is 7.13. The molecule has 0 bridgehead atoms. The number of nitrogens with two attached hydrogens (primary N) is 1. The zero-order chi connectivity index (χ0) is 11.7. The zero-order valence-electron chi connectivity index (χ0n) is 9.80.